The second kappa shape index (κ2) is 2.63. The number of thioether (sulfide) groups is 1. The summed E-state index contributed by atoms with van der Waals surface area (Å²) in [5.41, 5.74) is 0.0735. The third-order valence-electron chi connectivity index (χ3n) is 2.53. The summed E-state index contributed by atoms with van der Waals surface area (Å²) in [6.07, 6.45) is 1.13. The zero-order chi connectivity index (χ0) is 8.82. The fourth-order valence-corrected chi connectivity index (χ4v) is 3.63. The van der Waals surface area contributed by atoms with Crippen LogP contribution in [0.4, 0.5) is 0 Å². The Morgan fingerprint density at radius 1 is 1.50 bits per heavy atom. The van der Waals surface area contributed by atoms with Crippen molar-refractivity contribution in [3.8, 4) is 0 Å². The van der Waals surface area contributed by atoms with E-state index in [4.69, 9.17) is 4.74 Å². The highest BCUT2D eigenvalue weighted by Crippen LogP contribution is 2.43. The van der Waals surface area contributed by atoms with Crippen LogP contribution in [0, 0.1) is 0 Å². The molecule has 2 nitrogen and oxygen atoms in total. The third-order valence-corrected chi connectivity index (χ3v) is 4.13. The molecule has 2 fully saturated rings. The van der Waals surface area contributed by atoms with Crippen LogP contribution in [-0.2, 0) is 4.74 Å². The molecule has 0 aromatic carbocycles. The second-order valence-corrected chi connectivity index (χ2v) is 5.98. The first-order valence-electron chi connectivity index (χ1n) is 4.57. The third kappa shape index (κ3) is 1.50. The molecule has 3 heteroatoms. The summed E-state index contributed by atoms with van der Waals surface area (Å²) in [6.45, 7) is 7.46. The minimum absolute atomic E-state index is 0.0735. The summed E-state index contributed by atoms with van der Waals surface area (Å²) in [5.74, 6) is 1.22. The summed E-state index contributed by atoms with van der Waals surface area (Å²) < 4.78 is 5.74. The average molecular weight is 187 g/mol. The Labute approximate surface area is 78.4 Å². The predicted molar refractivity (Wildman–Crippen MR) is 52.4 cm³/mol. The van der Waals surface area contributed by atoms with Gasteiger partial charge in [0.05, 0.1) is 17.1 Å². The van der Waals surface area contributed by atoms with Crippen LogP contribution in [0.2, 0.25) is 0 Å². The molecule has 0 aliphatic carbocycles. The Morgan fingerprint density at radius 2 is 2.25 bits per heavy atom. The lowest BCUT2D eigenvalue weighted by Crippen LogP contribution is -2.41. The maximum absolute atomic E-state index is 5.74. The summed E-state index contributed by atoms with van der Waals surface area (Å²) in [5, 5.41) is 3.62. The van der Waals surface area contributed by atoms with Crippen LogP contribution >= 0.6 is 11.8 Å². The predicted octanol–water partition coefficient (Wildman–Crippen LogP) is 1.61. The number of nitrogens with one attached hydrogen (secondary N) is 1. The molecule has 2 saturated heterocycles. The smallest absolute Gasteiger partial charge is 0.0912 e. The Balaban J connectivity index is 2.06. The Morgan fingerprint density at radius 3 is 2.67 bits per heavy atom. The van der Waals surface area contributed by atoms with Gasteiger partial charge in [-0.25, -0.2) is 0 Å². The van der Waals surface area contributed by atoms with Gasteiger partial charge in [0.15, 0.2) is 0 Å². The Hall–Kier alpha value is 0.270. The Kier molecular flexibility index (Phi) is 1.94. The summed E-state index contributed by atoms with van der Waals surface area (Å²) in [6, 6.07) is 0.646. The van der Waals surface area contributed by atoms with E-state index in [2.05, 4.69) is 26.1 Å². The van der Waals surface area contributed by atoms with Crippen molar-refractivity contribution in [1.82, 2.24) is 5.32 Å². The van der Waals surface area contributed by atoms with Crippen LogP contribution in [0.15, 0.2) is 0 Å². The highest BCUT2D eigenvalue weighted by Gasteiger charge is 2.48. The van der Waals surface area contributed by atoms with Crippen LogP contribution in [-0.4, -0.2) is 28.9 Å². The minimum atomic E-state index is 0.0735. The molecule has 12 heavy (non-hydrogen) atoms. The van der Waals surface area contributed by atoms with Crippen LogP contribution in [0.25, 0.3) is 0 Å². The average Bonchev–Trinajstić information content (AvgIpc) is 2.41. The van der Waals surface area contributed by atoms with E-state index in [0.29, 0.717) is 6.04 Å². The number of rotatable bonds is 0. The van der Waals surface area contributed by atoms with Crippen LogP contribution in [0.5, 0.6) is 0 Å². The molecule has 0 radical (unpaired) electrons. The minimum Gasteiger partial charge on any atom is -0.373 e. The first-order valence-corrected chi connectivity index (χ1v) is 5.56. The molecule has 0 aromatic heterocycles. The van der Waals surface area contributed by atoms with Crippen LogP contribution in [0.1, 0.15) is 27.2 Å². The van der Waals surface area contributed by atoms with Crippen molar-refractivity contribution in [1.29, 1.82) is 0 Å². The van der Waals surface area contributed by atoms with Gasteiger partial charge in [0.2, 0.25) is 0 Å². The molecule has 2 atom stereocenters. The van der Waals surface area contributed by atoms with E-state index in [9.17, 15) is 0 Å². The topological polar surface area (TPSA) is 21.3 Å². The highest BCUT2D eigenvalue weighted by molar-refractivity contribution is 8.00. The zero-order valence-electron chi connectivity index (χ0n) is 8.02. The van der Waals surface area contributed by atoms with Gasteiger partial charge < -0.3 is 4.74 Å². The van der Waals surface area contributed by atoms with Crippen molar-refractivity contribution in [2.45, 2.75) is 43.7 Å². The number of hydrogen-bond donors (Lipinski definition) is 1. The van der Waals surface area contributed by atoms with Gasteiger partial charge in [-0.3, -0.25) is 5.32 Å². The molecule has 0 aromatic rings. The van der Waals surface area contributed by atoms with Crippen molar-refractivity contribution in [2.24, 2.45) is 0 Å². The standard InChI is InChI=1S/C9H17NOS/c1-7-4-12-9(10-7)5-8(2,3)11-6-9/h7,10H,4-6H2,1-3H3. The van der Waals surface area contributed by atoms with E-state index >= 15 is 0 Å². The molecule has 1 spiro atoms. The molecular formula is C9H17NOS. The molecule has 1 N–H and O–H groups in total. The highest BCUT2D eigenvalue weighted by atomic mass is 32.2. The van der Waals surface area contributed by atoms with Crippen molar-refractivity contribution in [3.05, 3.63) is 0 Å². The molecule has 2 unspecified atom stereocenters. The largest absolute Gasteiger partial charge is 0.373 e. The molecule has 2 aliphatic heterocycles. The molecule has 0 saturated carbocycles. The first kappa shape index (κ1) is 8.85. The lowest BCUT2D eigenvalue weighted by atomic mass is 10.0. The fraction of sp³-hybridized carbons (Fsp3) is 1.00. The van der Waals surface area contributed by atoms with E-state index in [1.165, 1.54) is 5.75 Å². The normalized spacial score (nSPS) is 45.8. The van der Waals surface area contributed by atoms with Crippen molar-refractivity contribution >= 4 is 11.8 Å². The molecule has 2 aliphatic rings. The van der Waals surface area contributed by atoms with Gasteiger partial charge in [-0.15, -0.1) is 11.8 Å². The van der Waals surface area contributed by atoms with Gasteiger partial charge in [-0.1, -0.05) is 0 Å². The monoisotopic (exact) mass is 187 g/mol. The first-order chi connectivity index (χ1) is 5.52. The lowest BCUT2D eigenvalue weighted by Gasteiger charge is -2.23. The van der Waals surface area contributed by atoms with Gasteiger partial charge in [0.1, 0.15) is 0 Å². The molecule has 0 bridgehead atoms. The van der Waals surface area contributed by atoms with Gasteiger partial charge in [0, 0.05) is 18.2 Å². The van der Waals surface area contributed by atoms with Gasteiger partial charge >= 0.3 is 0 Å². The summed E-state index contributed by atoms with van der Waals surface area (Å²) >= 11 is 2.03. The molecule has 0 amide bonds. The quantitative estimate of drug-likeness (QED) is 0.622. The van der Waals surface area contributed by atoms with Gasteiger partial charge in [0.25, 0.3) is 0 Å². The van der Waals surface area contributed by atoms with E-state index < -0.39 is 0 Å². The fourth-order valence-electron chi connectivity index (χ4n) is 2.10. The maximum atomic E-state index is 5.74. The van der Waals surface area contributed by atoms with Crippen molar-refractivity contribution in [3.63, 3.8) is 0 Å². The van der Waals surface area contributed by atoms with E-state index in [1.807, 2.05) is 11.8 Å². The van der Waals surface area contributed by atoms with Crippen molar-refractivity contribution < 1.29 is 4.74 Å². The van der Waals surface area contributed by atoms with Crippen LogP contribution < -0.4 is 5.32 Å². The SMILES string of the molecule is CC1CSC2(COC(C)(C)C2)N1. The van der Waals surface area contributed by atoms with E-state index in [0.717, 1.165) is 13.0 Å². The van der Waals surface area contributed by atoms with E-state index in [1.54, 1.807) is 0 Å². The number of hydrogen-bond acceptors (Lipinski definition) is 3. The zero-order valence-corrected chi connectivity index (χ0v) is 8.83. The summed E-state index contributed by atoms with van der Waals surface area (Å²) in [4.78, 5) is 0.239. The van der Waals surface area contributed by atoms with Crippen LogP contribution in [0.3, 0.4) is 0 Å². The van der Waals surface area contributed by atoms with Crippen molar-refractivity contribution in [2.75, 3.05) is 12.4 Å². The second-order valence-electron chi connectivity index (χ2n) is 4.58. The van der Waals surface area contributed by atoms with E-state index in [-0.39, 0.29) is 10.5 Å². The molecular weight excluding hydrogens is 170 g/mol. The summed E-state index contributed by atoms with van der Waals surface area (Å²) in [7, 11) is 0. The maximum Gasteiger partial charge on any atom is 0.0912 e. The molecule has 2 heterocycles. The Bertz CT molecular complexity index is 195. The lowest BCUT2D eigenvalue weighted by molar-refractivity contribution is 0.0352. The molecule has 2 rings (SSSR count). The number of ether oxygens (including phenoxy) is 1. The van der Waals surface area contributed by atoms with Gasteiger partial charge in [-0.2, -0.15) is 0 Å². The van der Waals surface area contributed by atoms with Gasteiger partial charge in [-0.05, 0) is 20.8 Å². The molecule has 70 valence electrons.